The van der Waals surface area contributed by atoms with Gasteiger partial charge in [-0.05, 0) is 20.3 Å². The fraction of sp³-hybridized carbons (Fsp3) is 1.00. The van der Waals surface area contributed by atoms with Crippen molar-refractivity contribution in [1.29, 1.82) is 0 Å². The van der Waals surface area contributed by atoms with E-state index in [2.05, 4.69) is 0 Å². The number of ether oxygens (including phenoxy) is 1. The molecule has 0 aromatic heterocycles. The van der Waals surface area contributed by atoms with Crippen molar-refractivity contribution >= 4 is 15.4 Å². The van der Waals surface area contributed by atoms with Crippen molar-refractivity contribution in [2.75, 3.05) is 0 Å². The van der Waals surface area contributed by atoms with E-state index in [1.807, 2.05) is 0 Å². The highest BCUT2D eigenvalue weighted by Crippen LogP contribution is 2.57. The molecule has 1 fully saturated rings. The number of hydrogen-bond donors (Lipinski definition) is 4. The Bertz CT molecular complexity index is 392. The zero-order chi connectivity index (χ0) is 16.4. The second-order valence-electron chi connectivity index (χ2n) is 5.76. The van der Waals surface area contributed by atoms with E-state index in [1.165, 1.54) is 13.8 Å². The minimum atomic E-state index is -4.25. The lowest BCUT2D eigenvalue weighted by molar-refractivity contribution is -0.00590. The van der Waals surface area contributed by atoms with Gasteiger partial charge in [0.1, 0.15) is 14.0 Å². The molecule has 122 valence electrons. The van der Waals surface area contributed by atoms with Crippen LogP contribution in [0.2, 0.25) is 0 Å². The van der Waals surface area contributed by atoms with Crippen molar-refractivity contribution in [2.45, 2.75) is 75.8 Å². The number of aliphatic hydroxyl groups is 3. The van der Waals surface area contributed by atoms with Gasteiger partial charge < -0.3 is 29.5 Å². The molecule has 21 heavy (non-hydrogen) atoms. The van der Waals surface area contributed by atoms with Gasteiger partial charge in [0, 0.05) is 12.4 Å². The largest absolute Gasteiger partial charge is 0.388 e. The van der Waals surface area contributed by atoms with Gasteiger partial charge in [0.15, 0.2) is 5.34 Å². The molecule has 1 heterocycles. The van der Waals surface area contributed by atoms with E-state index in [-0.39, 0.29) is 12.8 Å². The van der Waals surface area contributed by atoms with Crippen molar-refractivity contribution in [1.82, 2.24) is 0 Å². The Labute approximate surface area is 126 Å². The quantitative estimate of drug-likeness (QED) is 0.388. The molecule has 0 spiro atoms. The molecule has 1 aliphatic heterocycles. The number of rotatable bonds is 7. The lowest BCUT2D eigenvalue weighted by Crippen LogP contribution is -2.34. The summed E-state index contributed by atoms with van der Waals surface area (Å²) in [5.41, 5.74) is 0. The second-order valence-corrected chi connectivity index (χ2v) is 7.97. The highest BCUT2D eigenvalue weighted by molar-refractivity contribution is 7.54. The maximum Gasteiger partial charge on any atom is 0.359 e. The third-order valence-corrected chi connectivity index (χ3v) is 5.71. The standard InChI is InChI=1S/C12H24BO7P/c1-4-5-12(3,16)21(17,18)20-7(2)6-8-9(14)10(15)11(13)19-8/h7-11,14-16H,4-6H2,1-3H3,(H,17,18)/t7-,8-,9?,10+,11-,12?/m1/s1. The Balaban J connectivity index is 2.61. The van der Waals surface area contributed by atoms with Crippen molar-refractivity contribution in [3.05, 3.63) is 0 Å². The topological polar surface area (TPSA) is 116 Å². The summed E-state index contributed by atoms with van der Waals surface area (Å²) in [6.45, 7) is 4.56. The molecule has 0 saturated carbocycles. The molecule has 0 aromatic rings. The molecule has 7 atom stereocenters. The second kappa shape index (κ2) is 7.09. The molecule has 1 aliphatic rings. The van der Waals surface area contributed by atoms with Crippen LogP contribution in [0.1, 0.15) is 40.0 Å². The first-order valence-corrected chi connectivity index (χ1v) is 8.60. The first-order chi connectivity index (χ1) is 9.51. The van der Waals surface area contributed by atoms with Crippen molar-refractivity contribution < 1.29 is 34.0 Å². The minimum Gasteiger partial charge on any atom is -0.388 e. The predicted octanol–water partition coefficient (Wildman–Crippen LogP) is 0.0908. The minimum absolute atomic E-state index is 0.0681. The van der Waals surface area contributed by atoms with E-state index in [0.717, 1.165) is 0 Å². The molecule has 9 heteroatoms. The molecule has 0 aliphatic carbocycles. The van der Waals surface area contributed by atoms with E-state index in [4.69, 9.17) is 17.1 Å². The van der Waals surface area contributed by atoms with Crippen LogP contribution in [0, 0.1) is 0 Å². The molecular formula is C12H24BO7P. The van der Waals surface area contributed by atoms with Crippen LogP contribution < -0.4 is 0 Å². The Morgan fingerprint density at radius 2 is 2.00 bits per heavy atom. The van der Waals surface area contributed by atoms with Crippen LogP contribution in [-0.2, 0) is 13.8 Å². The summed E-state index contributed by atoms with van der Waals surface area (Å²) < 4.78 is 22.4. The molecule has 1 saturated heterocycles. The SMILES string of the molecule is [B][C@@H]1O[C@H](C[C@@H](C)OP(=O)(O)C(C)(O)CCC)C(O)[C@@H]1O. The smallest absolute Gasteiger partial charge is 0.359 e. The average molecular weight is 322 g/mol. The van der Waals surface area contributed by atoms with Crippen LogP contribution in [0.3, 0.4) is 0 Å². The predicted molar refractivity (Wildman–Crippen MR) is 76.9 cm³/mol. The van der Waals surface area contributed by atoms with Crippen LogP contribution in [-0.4, -0.2) is 63.8 Å². The summed E-state index contributed by atoms with van der Waals surface area (Å²) in [6.07, 6.45) is -3.21. The molecule has 0 aromatic carbocycles. The molecule has 7 nitrogen and oxygen atoms in total. The van der Waals surface area contributed by atoms with Crippen LogP contribution >= 0.6 is 7.60 Å². The molecule has 2 radical (unpaired) electrons. The van der Waals surface area contributed by atoms with Crippen molar-refractivity contribution in [2.24, 2.45) is 0 Å². The monoisotopic (exact) mass is 322 g/mol. The zero-order valence-electron chi connectivity index (χ0n) is 12.5. The van der Waals surface area contributed by atoms with Crippen LogP contribution in [0.4, 0.5) is 0 Å². The third-order valence-electron chi connectivity index (χ3n) is 3.62. The average Bonchev–Trinajstić information content (AvgIpc) is 2.56. The summed E-state index contributed by atoms with van der Waals surface area (Å²) in [7, 11) is 1.20. The first-order valence-electron chi connectivity index (χ1n) is 7.02. The van der Waals surface area contributed by atoms with Gasteiger partial charge >= 0.3 is 7.60 Å². The van der Waals surface area contributed by atoms with Gasteiger partial charge in [-0.3, -0.25) is 4.57 Å². The Hall–Kier alpha value is 0.0549. The fourth-order valence-electron chi connectivity index (χ4n) is 2.31. The number of aliphatic hydroxyl groups excluding tert-OH is 2. The van der Waals surface area contributed by atoms with Crippen LogP contribution in [0.25, 0.3) is 0 Å². The normalized spacial score (nSPS) is 36.9. The van der Waals surface area contributed by atoms with Crippen molar-refractivity contribution in [3.8, 4) is 0 Å². The fourth-order valence-corrected chi connectivity index (χ4v) is 3.62. The summed E-state index contributed by atoms with van der Waals surface area (Å²) >= 11 is 0. The zero-order valence-corrected chi connectivity index (χ0v) is 13.4. The molecule has 0 amide bonds. The van der Waals surface area contributed by atoms with Gasteiger partial charge in [-0.2, -0.15) is 0 Å². The van der Waals surface area contributed by atoms with Gasteiger partial charge in [0.05, 0.1) is 18.3 Å². The lowest BCUT2D eigenvalue weighted by atomic mass is 9.92. The van der Waals surface area contributed by atoms with Gasteiger partial charge in [-0.1, -0.05) is 13.3 Å². The molecule has 3 unspecified atom stereocenters. The Morgan fingerprint density at radius 3 is 2.43 bits per heavy atom. The molecule has 1 rings (SSSR count). The van der Waals surface area contributed by atoms with Gasteiger partial charge in [0.2, 0.25) is 0 Å². The van der Waals surface area contributed by atoms with E-state index >= 15 is 0 Å². The van der Waals surface area contributed by atoms with Gasteiger partial charge in [-0.25, -0.2) is 0 Å². The molecule has 0 bridgehead atoms. The molecular weight excluding hydrogens is 298 g/mol. The third kappa shape index (κ3) is 4.51. The van der Waals surface area contributed by atoms with E-state index in [1.54, 1.807) is 6.92 Å². The summed E-state index contributed by atoms with van der Waals surface area (Å²) in [5, 5.41) is 27.4. The Morgan fingerprint density at radius 1 is 1.43 bits per heavy atom. The highest BCUT2D eigenvalue weighted by Gasteiger charge is 2.45. The van der Waals surface area contributed by atoms with Gasteiger partial charge in [-0.15, -0.1) is 0 Å². The first kappa shape index (κ1) is 19.1. The van der Waals surface area contributed by atoms with Crippen LogP contribution in [0.5, 0.6) is 0 Å². The maximum absolute atomic E-state index is 12.1. The van der Waals surface area contributed by atoms with E-state index in [0.29, 0.717) is 6.42 Å². The lowest BCUT2D eigenvalue weighted by Gasteiger charge is -2.30. The summed E-state index contributed by atoms with van der Waals surface area (Å²) in [5.74, 6) is 0. The van der Waals surface area contributed by atoms with Gasteiger partial charge in [0.25, 0.3) is 0 Å². The number of hydrogen-bond acceptors (Lipinski definition) is 6. The van der Waals surface area contributed by atoms with Crippen LogP contribution in [0.15, 0.2) is 0 Å². The van der Waals surface area contributed by atoms with Crippen molar-refractivity contribution in [3.63, 3.8) is 0 Å². The summed E-state index contributed by atoms with van der Waals surface area (Å²) in [4.78, 5) is 9.89. The highest BCUT2D eigenvalue weighted by atomic mass is 31.2. The Kier molecular flexibility index (Phi) is 6.45. The van der Waals surface area contributed by atoms with E-state index < -0.39 is 43.4 Å². The summed E-state index contributed by atoms with van der Waals surface area (Å²) in [6, 6.07) is -0.999. The molecule has 4 N–H and O–H groups in total. The van der Waals surface area contributed by atoms with E-state index in [9.17, 15) is 24.8 Å². The maximum atomic E-state index is 12.1.